The van der Waals surface area contributed by atoms with Crippen LogP contribution in [-0.2, 0) is 6.54 Å². The first-order valence-electron chi connectivity index (χ1n) is 5.97. The summed E-state index contributed by atoms with van der Waals surface area (Å²) >= 11 is 1.36. The Labute approximate surface area is 117 Å². The van der Waals surface area contributed by atoms with Crippen LogP contribution in [-0.4, -0.2) is 29.9 Å². The zero-order chi connectivity index (χ0) is 14.1. The molecule has 0 saturated heterocycles. The van der Waals surface area contributed by atoms with E-state index < -0.39 is 4.92 Å². The summed E-state index contributed by atoms with van der Waals surface area (Å²) in [6.45, 7) is 2.60. The summed E-state index contributed by atoms with van der Waals surface area (Å²) in [7, 11) is 0. The maximum absolute atomic E-state index is 11.2. The van der Waals surface area contributed by atoms with E-state index in [1.165, 1.54) is 15.7 Å². The summed E-state index contributed by atoms with van der Waals surface area (Å²) in [6.07, 6.45) is 6.90. The van der Waals surface area contributed by atoms with E-state index in [0.29, 0.717) is 17.3 Å². The van der Waals surface area contributed by atoms with Gasteiger partial charge in [0.15, 0.2) is 0 Å². The minimum atomic E-state index is -0.418. The average molecular weight is 292 g/mol. The topological polar surface area (TPSA) is 90.3 Å². The molecule has 0 aromatic carbocycles. The third-order valence-corrected chi connectivity index (χ3v) is 3.59. The van der Waals surface area contributed by atoms with Gasteiger partial charge in [0.1, 0.15) is 6.20 Å². The molecule has 0 spiro atoms. The molecule has 1 N–H and O–H groups in total. The molecule has 3 aromatic rings. The van der Waals surface area contributed by atoms with Crippen molar-refractivity contribution in [2.45, 2.75) is 19.5 Å². The molecule has 3 aromatic heterocycles. The van der Waals surface area contributed by atoms with Crippen LogP contribution >= 0.6 is 11.3 Å². The van der Waals surface area contributed by atoms with Crippen molar-refractivity contribution in [3.05, 3.63) is 40.4 Å². The monoisotopic (exact) mass is 292 g/mol. The zero-order valence-electron chi connectivity index (χ0n) is 10.6. The van der Waals surface area contributed by atoms with Gasteiger partial charge in [-0.3, -0.25) is 0 Å². The van der Waals surface area contributed by atoms with Gasteiger partial charge in [0.2, 0.25) is 5.82 Å². The fourth-order valence-electron chi connectivity index (χ4n) is 2.04. The number of hydrogen-bond donors (Lipinski definition) is 1. The first kappa shape index (κ1) is 12.6. The van der Waals surface area contributed by atoms with Gasteiger partial charge in [0, 0.05) is 30.4 Å². The molecule has 3 heterocycles. The molecule has 0 aliphatic carbocycles. The molecule has 3 rings (SSSR count). The number of nitrogens with zero attached hydrogens (tertiary/aromatic N) is 5. The first-order valence-corrected chi connectivity index (χ1v) is 6.85. The predicted molar refractivity (Wildman–Crippen MR) is 75.0 cm³/mol. The SMILES string of the molecule is C[C@H](Cn1ccnc1)Nc1nc2sccn2c1[N+](=O)[O-]. The molecule has 0 bridgehead atoms. The van der Waals surface area contributed by atoms with E-state index in [9.17, 15) is 10.1 Å². The Morgan fingerprint density at radius 1 is 1.55 bits per heavy atom. The maximum Gasteiger partial charge on any atom is 0.372 e. The van der Waals surface area contributed by atoms with Gasteiger partial charge in [0.05, 0.1) is 6.33 Å². The Bertz CT molecular complexity index is 731. The predicted octanol–water partition coefficient (Wildman–Crippen LogP) is 2.00. The largest absolute Gasteiger partial charge is 0.372 e. The summed E-state index contributed by atoms with van der Waals surface area (Å²) in [5, 5.41) is 16.0. The molecule has 0 amide bonds. The van der Waals surface area contributed by atoms with Crippen LogP contribution in [0.1, 0.15) is 6.92 Å². The fourth-order valence-corrected chi connectivity index (χ4v) is 2.74. The molecular weight excluding hydrogens is 280 g/mol. The summed E-state index contributed by atoms with van der Waals surface area (Å²) in [4.78, 5) is 19.6. The third-order valence-electron chi connectivity index (χ3n) is 2.84. The molecule has 0 unspecified atom stereocenters. The lowest BCUT2D eigenvalue weighted by atomic mass is 10.3. The highest BCUT2D eigenvalue weighted by molar-refractivity contribution is 7.15. The van der Waals surface area contributed by atoms with E-state index >= 15 is 0 Å². The van der Waals surface area contributed by atoms with Gasteiger partial charge in [-0.1, -0.05) is 11.3 Å². The highest BCUT2D eigenvalue weighted by Crippen LogP contribution is 2.28. The Kier molecular flexibility index (Phi) is 3.11. The van der Waals surface area contributed by atoms with Crippen LogP contribution in [0.2, 0.25) is 0 Å². The van der Waals surface area contributed by atoms with E-state index in [1.807, 2.05) is 17.7 Å². The molecule has 104 valence electrons. The van der Waals surface area contributed by atoms with Crippen molar-refractivity contribution in [3.8, 4) is 0 Å². The van der Waals surface area contributed by atoms with Crippen LogP contribution in [0.3, 0.4) is 0 Å². The van der Waals surface area contributed by atoms with Gasteiger partial charge in [-0.2, -0.15) is 9.38 Å². The van der Waals surface area contributed by atoms with Crippen LogP contribution in [0.5, 0.6) is 0 Å². The number of nitro groups is 1. The average Bonchev–Trinajstić information content (AvgIpc) is 3.04. The molecule has 0 radical (unpaired) electrons. The molecule has 0 fully saturated rings. The lowest BCUT2D eigenvalue weighted by Crippen LogP contribution is -2.22. The summed E-state index contributed by atoms with van der Waals surface area (Å²) in [6, 6.07) is -0.00694. The van der Waals surface area contributed by atoms with E-state index in [4.69, 9.17) is 0 Å². The summed E-state index contributed by atoms with van der Waals surface area (Å²) in [5.41, 5.74) is 0. The van der Waals surface area contributed by atoms with E-state index in [-0.39, 0.29) is 11.9 Å². The molecule has 0 aliphatic heterocycles. The second-order valence-corrected chi connectivity index (χ2v) is 5.27. The first-order chi connectivity index (χ1) is 9.65. The minimum absolute atomic E-state index is 0.00694. The number of aromatic nitrogens is 4. The van der Waals surface area contributed by atoms with Gasteiger partial charge in [-0.05, 0) is 11.8 Å². The van der Waals surface area contributed by atoms with E-state index in [0.717, 1.165) is 0 Å². The highest BCUT2D eigenvalue weighted by atomic mass is 32.1. The molecule has 20 heavy (non-hydrogen) atoms. The molecule has 8 nitrogen and oxygen atoms in total. The van der Waals surface area contributed by atoms with Crippen LogP contribution in [0, 0.1) is 10.1 Å². The third kappa shape index (κ3) is 2.23. The van der Waals surface area contributed by atoms with Crippen molar-refractivity contribution in [1.29, 1.82) is 0 Å². The van der Waals surface area contributed by atoms with Crippen molar-refractivity contribution >= 4 is 27.9 Å². The molecular formula is C11H12N6O2S. The molecule has 0 aliphatic rings. The van der Waals surface area contributed by atoms with Gasteiger partial charge in [0.25, 0.3) is 4.96 Å². The quantitative estimate of drug-likeness (QED) is 0.573. The summed E-state index contributed by atoms with van der Waals surface area (Å²) in [5.74, 6) is 0.271. The molecule has 1 atom stereocenters. The molecule has 0 saturated carbocycles. The Hall–Kier alpha value is -2.42. The Morgan fingerprint density at radius 2 is 2.40 bits per heavy atom. The Morgan fingerprint density at radius 3 is 3.10 bits per heavy atom. The van der Waals surface area contributed by atoms with Crippen molar-refractivity contribution in [3.63, 3.8) is 0 Å². The van der Waals surface area contributed by atoms with E-state index in [2.05, 4.69) is 15.3 Å². The lowest BCUT2D eigenvalue weighted by Gasteiger charge is -2.13. The van der Waals surface area contributed by atoms with Crippen molar-refractivity contribution in [2.75, 3.05) is 5.32 Å². The number of nitrogens with one attached hydrogen (secondary N) is 1. The highest BCUT2D eigenvalue weighted by Gasteiger charge is 2.24. The zero-order valence-corrected chi connectivity index (χ0v) is 11.4. The number of anilines is 1. The van der Waals surface area contributed by atoms with Gasteiger partial charge in [-0.25, -0.2) is 4.98 Å². The van der Waals surface area contributed by atoms with Gasteiger partial charge in [-0.15, -0.1) is 0 Å². The van der Waals surface area contributed by atoms with Gasteiger partial charge < -0.3 is 20.0 Å². The fraction of sp³-hybridized carbons (Fsp3) is 0.273. The van der Waals surface area contributed by atoms with Crippen molar-refractivity contribution in [2.24, 2.45) is 0 Å². The number of hydrogen-bond acceptors (Lipinski definition) is 6. The van der Waals surface area contributed by atoms with Gasteiger partial charge >= 0.3 is 5.82 Å². The minimum Gasteiger partial charge on any atom is -0.359 e. The Balaban J connectivity index is 1.84. The second kappa shape index (κ2) is 4.93. The maximum atomic E-state index is 11.2. The normalized spacial score (nSPS) is 12.7. The standard InChI is InChI=1S/C11H12N6O2S/c1-8(6-15-3-2-12-7-15)13-9-10(17(18)19)16-4-5-20-11(16)14-9/h2-5,7-8,13H,6H2,1H3/t8-/m1/s1. The van der Waals surface area contributed by atoms with E-state index in [1.54, 1.807) is 24.1 Å². The number of rotatable bonds is 5. The lowest BCUT2D eigenvalue weighted by molar-refractivity contribution is -0.389. The summed E-state index contributed by atoms with van der Waals surface area (Å²) < 4.78 is 3.39. The van der Waals surface area contributed by atoms with Crippen molar-refractivity contribution in [1.82, 2.24) is 18.9 Å². The number of thiazole rings is 1. The van der Waals surface area contributed by atoms with Crippen LogP contribution in [0.15, 0.2) is 30.3 Å². The van der Waals surface area contributed by atoms with Crippen LogP contribution in [0.25, 0.3) is 4.96 Å². The van der Waals surface area contributed by atoms with Crippen LogP contribution in [0.4, 0.5) is 11.6 Å². The number of imidazole rings is 2. The van der Waals surface area contributed by atoms with Crippen molar-refractivity contribution < 1.29 is 4.92 Å². The number of fused-ring (bicyclic) bond motifs is 1. The second-order valence-electron chi connectivity index (χ2n) is 4.40. The molecule has 9 heteroatoms. The smallest absolute Gasteiger partial charge is 0.359 e. The van der Waals surface area contributed by atoms with Crippen LogP contribution < -0.4 is 5.32 Å².